The molecule has 2 heteroatoms. The summed E-state index contributed by atoms with van der Waals surface area (Å²) < 4.78 is 5.69. The zero-order valence-electron chi connectivity index (χ0n) is 15.7. The summed E-state index contributed by atoms with van der Waals surface area (Å²) in [4.78, 5) is 0. The van der Waals surface area contributed by atoms with Crippen molar-refractivity contribution in [3.8, 4) is 11.8 Å². The highest BCUT2D eigenvalue weighted by molar-refractivity contribution is 6.80. The van der Waals surface area contributed by atoms with Crippen molar-refractivity contribution in [1.82, 2.24) is 0 Å². The minimum atomic E-state index is -1.15. The van der Waals surface area contributed by atoms with Gasteiger partial charge in [0, 0.05) is 19.4 Å². The molecule has 0 N–H and O–H groups in total. The van der Waals surface area contributed by atoms with E-state index in [0.29, 0.717) is 5.04 Å². The number of hydrogen-bond donors (Lipinski definition) is 0. The van der Waals surface area contributed by atoms with E-state index < -0.39 is 8.07 Å². The minimum absolute atomic E-state index is 0.477. The fourth-order valence-electron chi connectivity index (χ4n) is 2.11. The Balaban J connectivity index is 2.03. The molecule has 0 heterocycles. The first-order valence-electron chi connectivity index (χ1n) is 8.90. The van der Waals surface area contributed by atoms with Gasteiger partial charge in [0.15, 0.2) is 0 Å². The third-order valence-electron chi connectivity index (χ3n) is 4.98. The molecule has 0 amide bonds. The molecule has 1 aromatic carbocycles. The van der Waals surface area contributed by atoms with Crippen molar-refractivity contribution in [2.75, 3.05) is 6.61 Å². The van der Waals surface area contributed by atoms with Gasteiger partial charge in [-0.25, -0.2) is 0 Å². The Kier molecular flexibility index (Phi) is 8.66. The highest BCUT2D eigenvalue weighted by Crippen LogP contribution is 2.39. The Morgan fingerprint density at radius 2 is 1.61 bits per heavy atom. The summed E-state index contributed by atoms with van der Waals surface area (Å²) in [6.07, 6.45) is 4.32. The van der Waals surface area contributed by atoms with Gasteiger partial charge in [0.25, 0.3) is 0 Å². The zero-order chi connectivity index (χ0) is 17.2. The third kappa shape index (κ3) is 8.39. The van der Waals surface area contributed by atoms with Crippen molar-refractivity contribution in [2.45, 2.75) is 77.2 Å². The maximum atomic E-state index is 5.69. The van der Waals surface area contributed by atoms with Crippen LogP contribution in [0.3, 0.4) is 0 Å². The second-order valence-corrected chi connectivity index (χ2v) is 13.8. The lowest BCUT2D eigenvalue weighted by Gasteiger charge is -2.36. The lowest BCUT2D eigenvalue weighted by molar-refractivity contribution is 0.117. The largest absolute Gasteiger partial charge is 0.377 e. The fraction of sp³-hybridized carbons (Fsp3) is 0.619. The van der Waals surface area contributed by atoms with Gasteiger partial charge in [-0.05, 0) is 29.5 Å². The van der Waals surface area contributed by atoms with Crippen LogP contribution in [-0.4, -0.2) is 14.7 Å². The smallest absolute Gasteiger partial charge is 0.0716 e. The molecular weight excluding hydrogens is 296 g/mol. The summed E-state index contributed by atoms with van der Waals surface area (Å²) in [7, 11) is -1.15. The Labute approximate surface area is 144 Å². The Morgan fingerprint density at radius 3 is 2.26 bits per heavy atom. The van der Waals surface area contributed by atoms with Gasteiger partial charge < -0.3 is 4.74 Å². The van der Waals surface area contributed by atoms with Gasteiger partial charge in [-0.1, -0.05) is 64.2 Å². The second kappa shape index (κ2) is 9.95. The van der Waals surface area contributed by atoms with Crippen molar-refractivity contribution in [1.29, 1.82) is 0 Å². The molecule has 0 saturated heterocycles. The number of benzene rings is 1. The van der Waals surface area contributed by atoms with Gasteiger partial charge in [0.2, 0.25) is 0 Å². The van der Waals surface area contributed by atoms with E-state index >= 15 is 0 Å². The zero-order valence-corrected chi connectivity index (χ0v) is 16.7. The van der Waals surface area contributed by atoms with Crippen LogP contribution in [0.15, 0.2) is 30.3 Å². The molecule has 128 valence electrons. The Hall–Kier alpha value is -1.04. The summed E-state index contributed by atoms with van der Waals surface area (Å²) in [5.74, 6) is 6.71. The van der Waals surface area contributed by atoms with E-state index in [-0.39, 0.29) is 0 Å². The molecule has 0 saturated carbocycles. The van der Waals surface area contributed by atoms with E-state index in [1.807, 2.05) is 6.07 Å². The topological polar surface area (TPSA) is 9.23 Å². The van der Waals surface area contributed by atoms with Crippen LogP contribution in [0.5, 0.6) is 0 Å². The van der Waals surface area contributed by atoms with E-state index in [1.54, 1.807) is 0 Å². The number of hydrogen-bond acceptors (Lipinski definition) is 1. The number of rotatable bonds is 8. The van der Waals surface area contributed by atoms with Crippen molar-refractivity contribution in [2.24, 2.45) is 0 Å². The number of ether oxygens (including phenoxy) is 1. The molecule has 0 aliphatic carbocycles. The first-order valence-corrected chi connectivity index (χ1v) is 12.1. The van der Waals surface area contributed by atoms with Crippen LogP contribution in [0.25, 0.3) is 0 Å². The van der Waals surface area contributed by atoms with E-state index in [9.17, 15) is 0 Å². The van der Waals surface area contributed by atoms with Crippen molar-refractivity contribution >= 4 is 8.07 Å². The molecule has 1 aromatic rings. The molecule has 0 spiro atoms. The molecule has 0 fully saturated rings. The standard InChI is InChI=1S/C21H34OSi/c1-21(2,3)23(4,5)18-14-9-7-6-8-13-17-22-19-20-15-11-10-12-16-20/h10-12,15-16H,6,8,13-14,17-19H2,1-5H3. The van der Waals surface area contributed by atoms with Gasteiger partial charge in [0.05, 0.1) is 14.7 Å². The van der Waals surface area contributed by atoms with Gasteiger partial charge in [-0.2, -0.15) is 0 Å². The molecule has 1 rings (SSSR count). The van der Waals surface area contributed by atoms with E-state index in [4.69, 9.17) is 4.74 Å². The predicted octanol–water partition coefficient (Wildman–Crippen LogP) is 6.28. The van der Waals surface area contributed by atoms with Crippen LogP contribution in [0, 0.1) is 11.8 Å². The quantitative estimate of drug-likeness (QED) is 0.310. The SMILES string of the molecule is CC(C)(C)[Si](C)(C)CCC#CCCCCOCc1ccccc1. The highest BCUT2D eigenvalue weighted by Gasteiger charge is 2.33. The first-order chi connectivity index (χ1) is 10.8. The first kappa shape index (κ1) is 20.0. The molecule has 0 aliphatic rings. The van der Waals surface area contributed by atoms with Crippen LogP contribution in [-0.2, 0) is 11.3 Å². The Bertz CT molecular complexity index is 488. The third-order valence-corrected chi connectivity index (χ3v) is 10.5. The van der Waals surface area contributed by atoms with Crippen LogP contribution in [0.4, 0.5) is 0 Å². The maximum Gasteiger partial charge on any atom is 0.0716 e. The van der Waals surface area contributed by atoms with Gasteiger partial charge in [-0.15, -0.1) is 11.8 Å². The molecule has 1 nitrogen and oxygen atoms in total. The van der Waals surface area contributed by atoms with E-state index in [2.05, 4.69) is 70.0 Å². The van der Waals surface area contributed by atoms with Crippen LogP contribution < -0.4 is 0 Å². The summed E-state index contributed by atoms with van der Waals surface area (Å²) in [6.45, 7) is 13.7. The predicted molar refractivity (Wildman–Crippen MR) is 104 cm³/mol. The molecule has 23 heavy (non-hydrogen) atoms. The molecule has 0 aromatic heterocycles. The van der Waals surface area contributed by atoms with Crippen molar-refractivity contribution < 1.29 is 4.74 Å². The summed E-state index contributed by atoms with van der Waals surface area (Å²) in [6, 6.07) is 11.7. The second-order valence-electron chi connectivity index (χ2n) is 7.98. The minimum Gasteiger partial charge on any atom is -0.377 e. The molecule has 0 bridgehead atoms. The Morgan fingerprint density at radius 1 is 0.957 bits per heavy atom. The summed E-state index contributed by atoms with van der Waals surface area (Å²) >= 11 is 0. The summed E-state index contributed by atoms with van der Waals surface area (Å²) in [5, 5.41) is 0.477. The molecule has 0 radical (unpaired) electrons. The van der Waals surface area contributed by atoms with Gasteiger partial charge in [-0.3, -0.25) is 0 Å². The van der Waals surface area contributed by atoms with Gasteiger partial charge >= 0.3 is 0 Å². The molecule has 0 atom stereocenters. The van der Waals surface area contributed by atoms with Crippen LogP contribution in [0.1, 0.15) is 52.0 Å². The van der Waals surface area contributed by atoms with Gasteiger partial charge in [0.1, 0.15) is 0 Å². The van der Waals surface area contributed by atoms with E-state index in [1.165, 1.54) is 11.6 Å². The maximum absolute atomic E-state index is 5.69. The molecule has 0 unspecified atom stereocenters. The molecular formula is C21H34OSi. The van der Waals surface area contributed by atoms with Crippen LogP contribution >= 0.6 is 0 Å². The average Bonchev–Trinajstić information content (AvgIpc) is 2.49. The summed E-state index contributed by atoms with van der Waals surface area (Å²) in [5.41, 5.74) is 1.25. The highest BCUT2D eigenvalue weighted by atomic mass is 28.3. The lowest BCUT2D eigenvalue weighted by Crippen LogP contribution is -2.36. The van der Waals surface area contributed by atoms with E-state index in [0.717, 1.165) is 38.9 Å². The molecule has 0 aliphatic heterocycles. The monoisotopic (exact) mass is 330 g/mol. The van der Waals surface area contributed by atoms with Crippen LogP contribution in [0.2, 0.25) is 24.2 Å². The van der Waals surface area contributed by atoms with Crippen molar-refractivity contribution in [3.63, 3.8) is 0 Å². The average molecular weight is 331 g/mol. The lowest BCUT2D eigenvalue weighted by atomic mass is 10.2. The fourth-order valence-corrected chi connectivity index (χ4v) is 3.61. The van der Waals surface area contributed by atoms with Crippen molar-refractivity contribution in [3.05, 3.63) is 35.9 Å². The number of unbranched alkanes of at least 4 members (excludes halogenated alkanes) is 2. The normalized spacial score (nSPS) is 11.9.